The normalized spacial score (nSPS) is 11.5. The number of ether oxygens (including phenoxy) is 2. The molecule has 6 heteroatoms. The van der Waals surface area contributed by atoms with Crippen LogP contribution in [0, 0.1) is 0 Å². The van der Waals surface area contributed by atoms with E-state index in [9.17, 15) is 9.59 Å². The topological polar surface area (TPSA) is 84.9 Å². The number of carbonyl (C=O) groups is 2. The summed E-state index contributed by atoms with van der Waals surface area (Å²) in [5, 5.41) is 11.4. The van der Waals surface area contributed by atoms with Crippen LogP contribution in [0.1, 0.15) is 11.1 Å². The van der Waals surface area contributed by atoms with Gasteiger partial charge in [0.2, 0.25) is 0 Å². The lowest BCUT2D eigenvalue weighted by Crippen LogP contribution is -2.44. The highest BCUT2D eigenvalue weighted by Crippen LogP contribution is 2.03. The standard InChI is InChI=1S/C18H19NO5/c20-17(21)16(13-23-11-14-7-3-1-4-8-14)19-18(22)24-12-15-9-5-2-6-10-15/h1-10,16H,11-13H2,(H,19,22)(H,20,21). The molecule has 0 aromatic heterocycles. The highest BCUT2D eigenvalue weighted by Gasteiger charge is 2.21. The lowest BCUT2D eigenvalue weighted by Gasteiger charge is -2.15. The molecule has 0 radical (unpaired) electrons. The van der Waals surface area contributed by atoms with Crippen molar-refractivity contribution >= 4 is 12.1 Å². The molecule has 1 unspecified atom stereocenters. The first-order valence-electron chi connectivity index (χ1n) is 7.47. The third-order valence-corrected chi connectivity index (χ3v) is 3.20. The van der Waals surface area contributed by atoms with Gasteiger partial charge in [-0.3, -0.25) is 0 Å². The fourth-order valence-corrected chi connectivity index (χ4v) is 1.95. The first-order chi connectivity index (χ1) is 11.6. The zero-order valence-corrected chi connectivity index (χ0v) is 13.1. The van der Waals surface area contributed by atoms with Crippen molar-refractivity contribution in [3.05, 3.63) is 71.8 Å². The van der Waals surface area contributed by atoms with Gasteiger partial charge in [0, 0.05) is 0 Å². The summed E-state index contributed by atoms with van der Waals surface area (Å²) >= 11 is 0. The first kappa shape index (κ1) is 17.5. The number of carboxylic acid groups (broad SMARTS) is 1. The maximum absolute atomic E-state index is 11.7. The van der Waals surface area contributed by atoms with Crippen LogP contribution in [0.2, 0.25) is 0 Å². The van der Waals surface area contributed by atoms with E-state index in [1.54, 1.807) is 0 Å². The summed E-state index contributed by atoms with van der Waals surface area (Å²) in [5.74, 6) is -1.18. The fourth-order valence-electron chi connectivity index (χ4n) is 1.95. The molecule has 0 aliphatic rings. The predicted molar refractivity (Wildman–Crippen MR) is 87.3 cm³/mol. The number of carboxylic acids is 1. The Kier molecular flexibility index (Phi) is 6.79. The van der Waals surface area contributed by atoms with Crippen molar-refractivity contribution in [1.82, 2.24) is 5.32 Å². The van der Waals surface area contributed by atoms with Gasteiger partial charge in [0.15, 0.2) is 6.04 Å². The molecule has 0 spiro atoms. The van der Waals surface area contributed by atoms with Gasteiger partial charge in [-0.05, 0) is 11.1 Å². The highest BCUT2D eigenvalue weighted by atomic mass is 16.5. The third-order valence-electron chi connectivity index (χ3n) is 3.20. The molecule has 0 saturated heterocycles. The molecule has 2 rings (SSSR count). The van der Waals surface area contributed by atoms with Crippen LogP contribution in [-0.2, 0) is 27.5 Å². The molecule has 0 aliphatic heterocycles. The SMILES string of the molecule is O=C(NC(COCc1ccccc1)C(=O)O)OCc1ccccc1. The average Bonchev–Trinajstić information content (AvgIpc) is 2.61. The monoisotopic (exact) mass is 329 g/mol. The molecule has 0 saturated carbocycles. The van der Waals surface area contributed by atoms with Gasteiger partial charge in [-0.2, -0.15) is 0 Å². The molecular formula is C18H19NO5. The Bertz CT molecular complexity index is 645. The Morgan fingerprint density at radius 2 is 1.46 bits per heavy atom. The van der Waals surface area contributed by atoms with E-state index in [-0.39, 0.29) is 19.8 Å². The summed E-state index contributed by atoms with van der Waals surface area (Å²) < 4.78 is 10.4. The van der Waals surface area contributed by atoms with Crippen LogP contribution in [-0.4, -0.2) is 29.8 Å². The lowest BCUT2D eigenvalue weighted by atomic mass is 10.2. The summed E-state index contributed by atoms with van der Waals surface area (Å²) in [4.78, 5) is 22.9. The second kappa shape index (κ2) is 9.32. The second-order valence-electron chi connectivity index (χ2n) is 5.10. The molecular weight excluding hydrogens is 310 g/mol. The van der Waals surface area contributed by atoms with E-state index in [0.29, 0.717) is 0 Å². The van der Waals surface area contributed by atoms with Gasteiger partial charge in [-0.15, -0.1) is 0 Å². The number of amides is 1. The Morgan fingerprint density at radius 3 is 2.00 bits per heavy atom. The minimum absolute atomic E-state index is 0.0733. The van der Waals surface area contributed by atoms with Crippen LogP contribution in [0.5, 0.6) is 0 Å². The largest absolute Gasteiger partial charge is 0.480 e. The fraction of sp³-hybridized carbons (Fsp3) is 0.222. The number of alkyl carbamates (subject to hydrolysis) is 1. The van der Waals surface area contributed by atoms with Crippen molar-refractivity contribution in [3.63, 3.8) is 0 Å². The molecule has 0 bridgehead atoms. The van der Waals surface area contributed by atoms with Crippen molar-refractivity contribution < 1.29 is 24.2 Å². The second-order valence-corrected chi connectivity index (χ2v) is 5.10. The highest BCUT2D eigenvalue weighted by molar-refractivity contribution is 5.80. The molecule has 2 aromatic rings. The van der Waals surface area contributed by atoms with Gasteiger partial charge in [-0.1, -0.05) is 60.7 Å². The van der Waals surface area contributed by atoms with E-state index in [2.05, 4.69) is 5.32 Å². The van der Waals surface area contributed by atoms with Gasteiger partial charge >= 0.3 is 12.1 Å². The van der Waals surface area contributed by atoms with E-state index in [1.165, 1.54) is 0 Å². The lowest BCUT2D eigenvalue weighted by molar-refractivity contribution is -0.141. The van der Waals surface area contributed by atoms with Crippen molar-refractivity contribution in [2.45, 2.75) is 19.3 Å². The minimum Gasteiger partial charge on any atom is -0.480 e. The minimum atomic E-state index is -1.18. The van der Waals surface area contributed by atoms with Gasteiger partial charge < -0.3 is 19.9 Å². The number of aliphatic carboxylic acids is 1. The van der Waals surface area contributed by atoms with Crippen LogP contribution in [0.3, 0.4) is 0 Å². The van der Waals surface area contributed by atoms with E-state index >= 15 is 0 Å². The van der Waals surface area contributed by atoms with Crippen LogP contribution in [0.4, 0.5) is 4.79 Å². The Balaban J connectivity index is 1.75. The number of benzene rings is 2. The van der Waals surface area contributed by atoms with Crippen molar-refractivity contribution in [2.75, 3.05) is 6.61 Å². The van der Waals surface area contributed by atoms with Crippen LogP contribution >= 0.6 is 0 Å². The smallest absolute Gasteiger partial charge is 0.408 e. The maximum Gasteiger partial charge on any atom is 0.408 e. The average molecular weight is 329 g/mol. The summed E-state index contributed by atoms with van der Waals surface area (Å²) in [6.45, 7) is 0.194. The van der Waals surface area contributed by atoms with Crippen molar-refractivity contribution in [2.24, 2.45) is 0 Å². The Morgan fingerprint density at radius 1 is 0.917 bits per heavy atom. The van der Waals surface area contributed by atoms with Crippen LogP contribution in [0.15, 0.2) is 60.7 Å². The summed E-state index contributed by atoms with van der Waals surface area (Å²) in [5.41, 5.74) is 1.74. The van der Waals surface area contributed by atoms with Gasteiger partial charge in [0.25, 0.3) is 0 Å². The maximum atomic E-state index is 11.7. The molecule has 0 heterocycles. The zero-order valence-electron chi connectivity index (χ0n) is 13.1. The zero-order chi connectivity index (χ0) is 17.2. The van der Waals surface area contributed by atoms with E-state index in [0.717, 1.165) is 11.1 Å². The van der Waals surface area contributed by atoms with Gasteiger partial charge in [0.05, 0.1) is 13.2 Å². The van der Waals surface area contributed by atoms with E-state index in [1.807, 2.05) is 60.7 Å². The van der Waals surface area contributed by atoms with Crippen LogP contribution in [0.25, 0.3) is 0 Å². The summed E-state index contributed by atoms with van der Waals surface area (Å²) in [6, 6.07) is 17.3. The molecule has 0 fully saturated rings. The Labute approximate surface area is 140 Å². The van der Waals surface area contributed by atoms with Crippen molar-refractivity contribution in [1.29, 1.82) is 0 Å². The van der Waals surface area contributed by atoms with Crippen molar-refractivity contribution in [3.8, 4) is 0 Å². The number of hydrogen-bond acceptors (Lipinski definition) is 4. The predicted octanol–water partition coefficient (Wildman–Crippen LogP) is 2.58. The molecule has 126 valence electrons. The molecule has 24 heavy (non-hydrogen) atoms. The van der Waals surface area contributed by atoms with Gasteiger partial charge in [-0.25, -0.2) is 9.59 Å². The van der Waals surface area contributed by atoms with Crippen LogP contribution < -0.4 is 5.32 Å². The molecule has 2 N–H and O–H groups in total. The summed E-state index contributed by atoms with van der Waals surface area (Å²) in [7, 11) is 0. The number of rotatable bonds is 8. The summed E-state index contributed by atoms with van der Waals surface area (Å²) in [6.07, 6.45) is -0.797. The number of nitrogens with one attached hydrogen (secondary N) is 1. The number of hydrogen-bond donors (Lipinski definition) is 2. The molecule has 1 atom stereocenters. The molecule has 0 aliphatic carbocycles. The Hall–Kier alpha value is -2.86. The molecule has 2 aromatic carbocycles. The number of carbonyl (C=O) groups excluding carboxylic acids is 1. The molecule has 6 nitrogen and oxygen atoms in total. The van der Waals surface area contributed by atoms with Gasteiger partial charge in [0.1, 0.15) is 6.61 Å². The van der Waals surface area contributed by atoms with E-state index in [4.69, 9.17) is 14.6 Å². The molecule has 1 amide bonds. The van der Waals surface area contributed by atoms with E-state index < -0.39 is 18.1 Å². The quantitative estimate of drug-likeness (QED) is 0.777. The first-order valence-corrected chi connectivity index (χ1v) is 7.47. The third kappa shape index (κ3) is 6.10.